The molecule has 0 aromatic carbocycles. The van der Waals surface area contributed by atoms with E-state index in [4.69, 9.17) is 0 Å². The lowest BCUT2D eigenvalue weighted by atomic mass is 9.84. The van der Waals surface area contributed by atoms with E-state index in [0.717, 1.165) is 11.7 Å². The van der Waals surface area contributed by atoms with Gasteiger partial charge in [-0.2, -0.15) is 0 Å². The smallest absolute Gasteiger partial charge is 0.0916 e. The summed E-state index contributed by atoms with van der Waals surface area (Å²) in [5.74, 6) is 2.50. The minimum Gasteiger partial charge on any atom is -0.370 e. The lowest BCUT2D eigenvalue weighted by Crippen LogP contribution is -2.43. The summed E-state index contributed by atoms with van der Waals surface area (Å²) < 4.78 is 0. The monoisotopic (exact) mass is 266 g/mol. The van der Waals surface area contributed by atoms with Crippen molar-refractivity contribution in [1.29, 1.82) is 0 Å². The molecule has 0 aliphatic heterocycles. The minimum absolute atomic E-state index is 0.545. The van der Waals surface area contributed by atoms with Crippen LogP contribution in [-0.4, -0.2) is 12.1 Å². The van der Waals surface area contributed by atoms with Crippen molar-refractivity contribution in [2.24, 2.45) is 11.8 Å². The van der Waals surface area contributed by atoms with Gasteiger partial charge in [0.15, 0.2) is 0 Å². The summed E-state index contributed by atoms with van der Waals surface area (Å²) in [5.41, 5.74) is 0. The molecule has 2 N–H and O–H groups in total. The van der Waals surface area contributed by atoms with Crippen LogP contribution < -0.4 is 10.6 Å². The number of rotatable bonds is 8. The molecular formula is C17H34N2. The minimum atomic E-state index is 0.545. The Morgan fingerprint density at radius 2 is 1.74 bits per heavy atom. The Kier molecular flexibility index (Phi) is 7.33. The average molecular weight is 266 g/mol. The number of hydrogen-bond acceptors (Lipinski definition) is 2. The van der Waals surface area contributed by atoms with Crippen LogP contribution in [0.4, 0.5) is 0 Å². The van der Waals surface area contributed by atoms with Gasteiger partial charge in [-0.15, -0.1) is 0 Å². The highest BCUT2D eigenvalue weighted by Gasteiger charge is 2.21. The topological polar surface area (TPSA) is 24.1 Å². The van der Waals surface area contributed by atoms with Gasteiger partial charge in [-0.3, -0.25) is 0 Å². The van der Waals surface area contributed by atoms with Gasteiger partial charge >= 0.3 is 0 Å². The summed E-state index contributed by atoms with van der Waals surface area (Å²) >= 11 is 0. The average Bonchev–Trinajstić information content (AvgIpc) is 2.39. The van der Waals surface area contributed by atoms with Gasteiger partial charge in [-0.05, 0) is 38.0 Å². The molecule has 0 saturated heterocycles. The second-order valence-corrected chi connectivity index (χ2v) is 6.59. The van der Waals surface area contributed by atoms with Crippen LogP contribution in [0.25, 0.3) is 0 Å². The molecule has 19 heavy (non-hydrogen) atoms. The first kappa shape index (κ1) is 16.4. The molecule has 0 aromatic rings. The quantitative estimate of drug-likeness (QED) is 0.679. The standard InChI is InChI=1S/C17H34N2/c1-6-10-17(13(2)3)19-15(5)18-14(4)16-11-8-7-9-12-16/h13-14,16-19H,5-12H2,1-4H3. The van der Waals surface area contributed by atoms with Gasteiger partial charge in [0.2, 0.25) is 0 Å². The molecule has 2 atom stereocenters. The van der Waals surface area contributed by atoms with Crippen molar-refractivity contribution in [1.82, 2.24) is 10.6 Å². The van der Waals surface area contributed by atoms with Crippen molar-refractivity contribution in [2.45, 2.75) is 84.7 Å². The van der Waals surface area contributed by atoms with Crippen LogP contribution in [0.2, 0.25) is 0 Å². The Hall–Kier alpha value is -0.660. The molecule has 0 spiro atoms. The van der Waals surface area contributed by atoms with Gasteiger partial charge in [0.1, 0.15) is 0 Å². The lowest BCUT2D eigenvalue weighted by Gasteiger charge is -2.32. The molecule has 1 rings (SSSR count). The number of nitrogens with one attached hydrogen (secondary N) is 2. The van der Waals surface area contributed by atoms with Crippen LogP contribution >= 0.6 is 0 Å². The van der Waals surface area contributed by atoms with Crippen molar-refractivity contribution in [3.63, 3.8) is 0 Å². The Morgan fingerprint density at radius 3 is 2.26 bits per heavy atom. The molecular weight excluding hydrogens is 232 g/mol. The van der Waals surface area contributed by atoms with Crippen LogP contribution in [0.5, 0.6) is 0 Å². The molecule has 1 aliphatic rings. The molecule has 0 heterocycles. The summed E-state index contributed by atoms with van der Waals surface area (Å²) in [7, 11) is 0. The SMILES string of the molecule is C=C(NC(C)C1CCCCC1)NC(CCC)C(C)C. The first-order valence-corrected chi connectivity index (χ1v) is 8.26. The van der Waals surface area contributed by atoms with Gasteiger partial charge in [-0.1, -0.05) is 53.0 Å². The predicted molar refractivity (Wildman–Crippen MR) is 85.0 cm³/mol. The van der Waals surface area contributed by atoms with Gasteiger partial charge in [0.05, 0.1) is 5.82 Å². The maximum Gasteiger partial charge on any atom is 0.0916 e. The molecule has 0 amide bonds. The third-order valence-electron chi connectivity index (χ3n) is 4.52. The Labute approximate surface area is 120 Å². The van der Waals surface area contributed by atoms with Gasteiger partial charge in [0.25, 0.3) is 0 Å². The maximum atomic E-state index is 4.17. The van der Waals surface area contributed by atoms with Crippen LogP contribution in [0, 0.1) is 11.8 Å². The molecule has 0 radical (unpaired) electrons. The zero-order valence-corrected chi connectivity index (χ0v) is 13.5. The van der Waals surface area contributed by atoms with E-state index in [1.807, 2.05) is 0 Å². The van der Waals surface area contributed by atoms with Crippen LogP contribution in [0.1, 0.15) is 72.6 Å². The molecule has 112 valence electrons. The van der Waals surface area contributed by atoms with E-state index < -0.39 is 0 Å². The fourth-order valence-corrected chi connectivity index (χ4v) is 3.18. The summed E-state index contributed by atoms with van der Waals surface area (Å²) in [6.45, 7) is 13.3. The van der Waals surface area contributed by atoms with Crippen molar-refractivity contribution < 1.29 is 0 Å². The second kappa shape index (κ2) is 8.50. The van der Waals surface area contributed by atoms with E-state index in [-0.39, 0.29) is 0 Å². The first-order chi connectivity index (χ1) is 9.04. The molecule has 2 heteroatoms. The summed E-state index contributed by atoms with van der Waals surface area (Å²) in [5, 5.41) is 7.17. The molecule has 0 bridgehead atoms. The van der Waals surface area contributed by atoms with E-state index in [0.29, 0.717) is 18.0 Å². The Bertz CT molecular complexity index is 254. The second-order valence-electron chi connectivity index (χ2n) is 6.59. The largest absolute Gasteiger partial charge is 0.370 e. The van der Waals surface area contributed by atoms with Crippen molar-refractivity contribution in [3.05, 3.63) is 12.4 Å². The molecule has 0 aromatic heterocycles. The lowest BCUT2D eigenvalue weighted by molar-refractivity contribution is 0.284. The molecule has 2 nitrogen and oxygen atoms in total. The fraction of sp³-hybridized carbons (Fsp3) is 0.882. The zero-order chi connectivity index (χ0) is 14.3. The van der Waals surface area contributed by atoms with Crippen LogP contribution in [0.3, 0.4) is 0 Å². The van der Waals surface area contributed by atoms with Crippen molar-refractivity contribution in [3.8, 4) is 0 Å². The molecule has 1 aliphatic carbocycles. The fourth-order valence-electron chi connectivity index (χ4n) is 3.18. The first-order valence-electron chi connectivity index (χ1n) is 8.26. The summed E-state index contributed by atoms with van der Waals surface area (Å²) in [6, 6.07) is 1.10. The molecule has 1 fully saturated rings. The normalized spacial score (nSPS) is 20.1. The molecule has 2 unspecified atom stereocenters. The van der Waals surface area contributed by atoms with Gasteiger partial charge in [0, 0.05) is 12.1 Å². The summed E-state index contributed by atoms with van der Waals surface area (Å²) in [6.07, 6.45) is 9.43. The third kappa shape index (κ3) is 5.88. The maximum absolute atomic E-state index is 4.17. The van der Waals surface area contributed by atoms with Crippen molar-refractivity contribution >= 4 is 0 Å². The third-order valence-corrected chi connectivity index (χ3v) is 4.52. The predicted octanol–water partition coefficient (Wildman–Crippen LogP) is 4.43. The van der Waals surface area contributed by atoms with E-state index in [2.05, 4.69) is 44.9 Å². The van der Waals surface area contributed by atoms with E-state index in [1.54, 1.807) is 0 Å². The van der Waals surface area contributed by atoms with E-state index >= 15 is 0 Å². The highest BCUT2D eigenvalue weighted by atomic mass is 15.1. The van der Waals surface area contributed by atoms with Gasteiger partial charge in [-0.25, -0.2) is 0 Å². The Morgan fingerprint density at radius 1 is 1.11 bits per heavy atom. The van der Waals surface area contributed by atoms with E-state index in [1.165, 1.54) is 44.9 Å². The Balaban J connectivity index is 2.35. The zero-order valence-electron chi connectivity index (χ0n) is 13.5. The van der Waals surface area contributed by atoms with Crippen LogP contribution in [-0.2, 0) is 0 Å². The molecule has 1 saturated carbocycles. The highest BCUT2D eigenvalue weighted by Crippen LogP contribution is 2.26. The van der Waals surface area contributed by atoms with Crippen molar-refractivity contribution in [2.75, 3.05) is 0 Å². The van der Waals surface area contributed by atoms with Gasteiger partial charge < -0.3 is 10.6 Å². The highest BCUT2D eigenvalue weighted by molar-refractivity contribution is 4.95. The van der Waals surface area contributed by atoms with Crippen LogP contribution in [0.15, 0.2) is 12.4 Å². The number of hydrogen-bond donors (Lipinski definition) is 2. The van der Waals surface area contributed by atoms with E-state index in [9.17, 15) is 0 Å². The summed E-state index contributed by atoms with van der Waals surface area (Å²) in [4.78, 5) is 0.